The molecule has 0 amide bonds. The molecule has 0 aliphatic rings. The van der Waals surface area contributed by atoms with Crippen molar-refractivity contribution in [1.29, 1.82) is 0 Å². The number of esters is 1. The van der Waals surface area contributed by atoms with E-state index in [1.54, 1.807) is 14.2 Å². The molecule has 142 valence electrons. The molecule has 0 saturated heterocycles. The highest BCUT2D eigenvalue weighted by atomic mass is 16.6. The lowest BCUT2D eigenvalue weighted by Crippen LogP contribution is -2.29. The van der Waals surface area contributed by atoms with Gasteiger partial charge < -0.3 is 33.2 Å². The number of hydrogen-bond acceptors (Lipinski definition) is 8. The molecule has 0 radical (unpaired) electrons. The van der Waals surface area contributed by atoms with Gasteiger partial charge in [-0.1, -0.05) is 6.58 Å². The second kappa shape index (κ2) is 18.3. The van der Waals surface area contributed by atoms with Crippen molar-refractivity contribution in [3.63, 3.8) is 0 Å². The maximum atomic E-state index is 11.3. The molecule has 0 N–H and O–H groups in total. The smallest absolute Gasteiger partial charge is 0.330 e. The number of rotatable bonds is 18. The number of carbonyl (C=O) groups excluding carboxylic acids is 1. The zero-order chi connectivity index (χ0) is 17.9. The summed E-state index contributed by atoms with van der Waals surface area (Å²) in [5, 5.41) is 0. The first-order valence-electron chi connectivity index (χ1n) is 7.86. The second-order valence-corrected chi connectivity index (χ2v) is 4.62. The van der Waals surface area contributed by atoms with Crippen LogP contribution >= 0.6 is 0 Å². The van der Waals surface area contributed by atoms with Crippen molar-refractivity contribution in [2.45, 2.75) is 6.10 Å². The molecule has 0 heterocycles. The Balaban J connectivity index is 3.76. The van der Waals surface area contributed by atoms with Crippen LogP contribution in [0.25, 0.3) is 0 Å². The predicted octanol–water partition coefficient (Wildman–Crippen LogP) is 0.443. The van der Waals surface area contributed by atoms with Crippen molar-refractivity contribution in [3.8, 4) is 0 Å². The van der Waals surface area contributed by atoms with Crippen LogP contribution < -0.4 is 0 Å². The first-order valence-corrected chi connectivity index (χ1v) is 7.86. The van der Waals surface area contributed by atoms with E-state index in [0.717, 1.165) is 6.08 Å². The zero-order valence-electron chi connectivity index (χ0n) is 14.7. The molecular formula is C16H30O8. The number of carbonyl (C=O) groups is 1. The molecule has 8 heteroatoms. The van der Waals surface area contributed by atoms with Gasteiger partial charge in [0.1, 0.15) is 6.10 Å². The van der Waals surface area contributed by atoms with Crippen molar-refractivity contribution in [2.24, 2.45) is 0 Å². The van der Waals surface area contributed by atoms with E-state index in [1.165, 1.54) is 0 Å². The third-order valence-electron chi connectivity index (χ3n) is 2.66. The molecule has 0 aliphatic carbocycles. The summed E-state index contributed by atoms with van der Waals surface area (Å²) in [6.45, 7) is 7.60. The van der Waals surface area contributed by atoms with E-state index in [1.807, 2.05) is 0 Å². The third-order valence-corrected chi connectivity index (χ3v) is 2.66. The van der Waals surface area contributed by atoms with Crippen LogP contribution in [0.1, 0.15) is 0 Å². The zero-order valence-corrected chi connectivity index (χ0v) is 14.7. The van der Waals surface area contributed by atoms with Crippen LogP contribution in [0.2, 0.25) is 0 Å². The van der Waals surface area contributed by atoms with E-state index >= 15 is 0 Å². The highest BCUT2D eigenvalue weighted by molar-refractivity contribution is 5.81. The lowest BCUT2D eigenvalue weighted by molar-refractivity contribution is -0.151. The van der Waals surface area contributed by atoms with Gasteiger partial charge >= 0.3 is 5.97 Å². The van der Waals surface area contributed by atoms with Crippen molar-refractivity contribution in [2.75, 3.05) is 80.3 Å². The van der Waals surface area contributed by atoms with E-state index in [9.17, 15) is 4.79 Å². The fraction of sp³-hybridized carbons (Fsp3) is 0.812. The van der Waals surface area contributed by atoms with Gasteiger partial charge in [-0.05, 0) is 0 Å². The van der Waals surface area contributed by atoms with Crippen molar-refractivity contribution in [1.82, 2.24) is 0 Å². The van der Waals surface area contributed by atoms with Crippen molar-refractivity contribution in [3.05, 3.63) is 12.7 Å². The number of ether oxygens (including phenoxy) is 7. The molecule has 0 rings (SSSR count). The van der Waals surface area contributed by atoms with E-state index in [4.69, 9.17) is 33.2 Å². The minimum atomic E-state index is -0.514. The fourth-order valence-corrected chi connectivity index (χ4v) is 1.48. The van der Waals surface area contributed by atoms with E-state index in [2.05, 4.69) is 6.58 Å². The van der Waals surface area contributed by atoms with Gasteiger partial charge in [0.2, 0.25) is 0 Å². The van der Waals surface area contributed by atoms with Gasteiger partial charge in [-0.2, -0.15) is 0 Å². The molecule has 0 fully saturated rings. The molecule has 0 atom stereocenters. The van der Waals surface area contributed by atoms with Crippen LogP contribution in [0, 0.1) is 0 Å². The van der Waals surface area contributed by atoms with Gasteiger partial charge in [0.15, 0.2) is 0 Å². The summed E-state index contributed by atoms with van der Waals surface area (Å²) < 4.78 is 36.3. The number of methoxy groups -OCH3 is 2. The first-order chi connectivity index (χ1) is 11.7. The van der Waals surface area contributed by atoms with Crippen molar-refractivity contribution >= 4 is 5.97 Å². The van der Waals surface area contributed by atoms with Gasteiger partial charge in [-0.3, -0.25) is 0 Å². The standard InChI is InChI=1S/C16H30O8/c1-4-16(17)24-15(13-22-11-9-20-7-5-18-2)14-23-12-10-21-8-6-19-3/h4,15H,1,5-14H2,2-3H3. The molecule has 0 unspecified atom stereocenters. The highest BCUT2D eigenvalue weighted by Gasteiger charge is 2.13. The molecule has 0 aliphatic heterocycles. The van der Waals surface area contributed by atoms with E-state index < -0.39 is 12.1 Å². The summed E-state index contributed by atoms with van der Waals surface area (Å²) in [7, 11) is 3.22. The average Bonchev–Trinajstić information content (AvgIpc) is 2.59. The maximum Gasteiger partial charge on any atom is 0.330 e. The fourth-order valence-electron chi connectivity index (χ4n) is 1.48. The van der Waals surface area contributed by atoms with Gasteiger partial charge in [0, 0.05) is 20.3 Å². The quantitative estimate of drug-likeness (QED) is 0.200. The summed E-state index contributed by atoms with van der Waals surface area (Å²) in [6.07, 6.45) is 0.600. The Morgan fingerprint density at radius 1 is 0.792 bits per heavy atom. The van der Waals surface area contributed by atoms with Crippen LogP contribution in [-0.4, -0.2) is 92.4 Å². The van der Waals surface area contributed by atoms with Crippen LogP contribution in [0.5, 0.6) is 0 Å². The summed E-state index contributed by atoms with van der Waals surface area (Å²) in [5.74, 6) is -0.514. The summed E-state index contributed by atoms with van der Waals surface area (Å²) in [5.41, 5.74) is 0. The minimum Gasteiger partial charge on any atom is -0.454 e. The molecule has 0 aromatic rings. The highest BCUT2D eigenvalue weighted by Crippen LogP contribution is 1.98. The minimum absolute atomic E-state index is 0.220. The van der Waals surface area contributed by atoms with Gasteiger partial charge in [-0.15, -0.1) is 0 Å². The van der Waals surface area contributed by atoms with Crippen molar-refractivity contribution < 1.29 is 38.0 Å². The predicted molar refractivity (Wildman–Crippen MR) is 87.1 cm³/mol. The summed E-state index contributed by atoms with van der Waals surface area (Å²) >= 11 is 0. The molecular weight excluding hydrogens is 320 g/mol. The molecule has 8 nitrogen and oxygen atoms in total. The Labute approximate surface area is 143 Å². The van der Waals surface area contributed by atoms with Crippen LogP contribution in [0.3, 0.4) is 0 Å². The van der Waals surface area contributed by atoms with Crippen LogP contribution in [0.15, 0.2) is 12.7 Å². The Morgan fingerprint density at radius 3 is 1.62 bits per heavy atom. The lowest BCUT2D eigenvalue weighted by Gasteiger charge is -2.17. The summed E-state index contributed by atoms with van der Waals surface area (Å²) in [6, 6.07) is 0. The topological polar surface area (TPSA) is 81.7 Å². The Kier molecular flexibility index (Phi) is 17.5. The third kappa shape index (κ3) is 15.9. The second-order valence-electron chi connectivity index (χ2n) is 4.62. The molecule has 0 aromatic heterocycles. The van der Waals surface area contributed by atoms with Gasteiger partial charge in [0.05, 0.1) is 66.1 Å². The van der Waals surface area contributed by atoms with E-state index in [0.29, 0.717) is 52.9 Å². The summed E-state index contributed by atoms with van der Waals surface area (Å²) in [4.78, 5) is 11.3. The average molecular weight is 350 g/mol. The molecule has 24 heavy (non-hydrogen) atoms. The molecule has 0 spiro atoms. The van der Waals surface area contributed by atoms with E-state index in [-0.39, 0.29) is 13.2 Å². The van der Waals surface area contributed by atoms with Crippen LogP contribution in [-0.2, 0) is 38.0 Å². The molecule has 0 aromatic carbocycles. The monoisotopic (exact) mass is 350 g/mol. The van der Waals surface area contributed by atoms with Crippen LogP contribution in [0.4, 0.5) is 0 Å². The largest absolute Gasteiger partial charge is 0.454 e. The molecule has 0 saturated carbocycles. The SMILES string of the molecule is C=CC(=O)OC(COCCOCCOC)COCCOCCOC. The Morgan fingerprint density at radius 2 is 1.21 bits per heavy atom. The first kappa shape index (κ1) is 23.0. The lowest BCUT2D eigenvalue weighted by atomic mass is 10.4. The van der Waals surface area contributed by atoms with Gasteiger partial charge in [0.25, 0.3) is 0 Å². The normalized spacial score (nSPS) is 11.0. The molecule has 0 bridgehead atoms. The maximum absolute atomic E-state index is 11.3. The van der Waals surface area contributed by atoms with Gasteiger partial charge in [-0.25, -0.2) is 4.79 Å². The Bertz CT molecular complexity index is 280. The Hall–Kier alpha value is -1.03. The number of hydrogen-bond donors (Lipinski definition) is 0.